The summed E-state index contributed by atoms with van der Waals surface area (Å²) in [5.74, 6) is 0.000449. The average molecular weight is 538 g/mol. The number of anilines is 1. The van der Waals surface area contributed by atoms with Crippen LogP contribution in [0.4, 0.5) is 10.6 Å². The summed E-state index contributed by atoms with van der Waals surface area (Å²) in [6.45, 7) is 6.40. The lowest BCUT2D eigenvalue weighted by Crippen LogP contribution is -2.50. The second kappa shape index (κ2) is 11.8. The van der Waals surface area contributed by atoms with Crippen molar-refractivity contribution in [3.63, 3.8) is 0 Å². The van der Waals surface area contributed by atoms with Gasteiger partial charge in [0.1, 0.15) is 24.0 Å². The Kier molecular flexibility index (Phi) is 8.51. The number of hydrogen-bond acceptors (Lipinski definition) is 7. The van der Waals surface area contributed by atoms with Crippen LogP contribution >= 0.6 is 11.3 Å². The first kappa shape index (κ1) is 27.4. The third-order valence-corrected chi connectivity index (χ3v) is 7.43. The minimum absolute atomic E-state index is 0.145. The lowest BCUT2D eigenvalue weighted by molar-refractivity contribution is -0.139. The Hall–Kier alpha value is -3.66. The smallest absolute Gasteiger partial charge is 0.410 e. The van der Waals surface area contributed by atoms with Gasteiger partial charge in [0.2, 0.25) is 11.8 Å². The Morgan fingerprint density at radius 2 is 1.97 bits per heavy atom. The minimum atomic E-state index is -0.686. The van der Waals surface area contributed by atoms with Gasteiger partial charge in [-0.3, -0.25) is 14.5 Å². The molecular formula is C28H35N5O4S. The van der Waals surface area contributed by atoms with E-state index < -0.39 is 17.7 Å². The summed E-state index contributed by atoms with van der Waals surface area (Å²) >= 11 is 1.55. The summed E-state index contributed by atoms with van der Waals surface area (Å²) in [5, 5.41) is 3.84. The van der Waals surface area contributed by atoms with Crippen molar-refractivity contribution in [3.8, 4) is 0 Å². The van der Waals surface area contributed by atoms with Crippen molar-refractivity contribution >= 4 is 45.1 Å². The number of pyridine rings is 1. The lowest BCUT2D eigenvalue weighted by Gasteiger charge is -2.30. The molecule has 3 N–H and O–H groups in total. The highest BCUT2D eigenvalue weighted by molar-refractivity contribution is 7.19. The number of thiophene rings is 1. The molecule has 1 saturated heterocycles. The third kappa shape index (κ3) is 7.00. The molecule has 0 aliphatic carbocycles. The van der Waals surface area contributed by atoms with Crippen molar-refractivity contribution in [1.82, 2.24) is 20.1 Å². The molecule has 1 atom stereocenters. The first-order valence-electron chi connectivity index (χ1n) is 12.8. The van der Waals surface area contributed by atoms with Gasteiger partial charge in [0.25, 0.3) is 0 Å². The van der Waals surface area contributed by atoms with Crippen LogP contribution in [-0.2, 0) is 27.3 Å². The van der Waals surface area contributed by atoms with E-state index in [1.54, 1.807) is 43.2 Å². The van der Waals surface area contributed by atoms with Crippen LogP contribution < -0.4 is 11.1 Å². The number of nitrogen functional groups attached to an aromatic ring is 1. The standard InChI is InChI=1S/C28H35N5O4S/c1-28(2,3)37-27(36)32(15-12-19-8-5-4-6-9-19)18-24(34)33-14-7-10-22(33)26(35)31-17-20-16-21-23(38-20)11-13-30-25(21)29/h4-6,8-9,11,13,16,22H,7,10,12,14-15,17-18H2,1-3H3,(H2,29,30)(H,31,35). The predicted octanol–water partition coefficient (Wildman–Crippen LogP) is 3.97. The Bertz CT molecular complexity index is 1290. The first-order valence-corrected chi connectivity index (χ1v) is 13.6. The number of nitrogens with two attached hydrogens (primary N) is 1. The van der Waals surface area contributed by atoms with Crippen LogP contribution in [0.3, 0.4) is 0 Å². The molecule has 0 saturated carbocycles. The molecule has 4 rings (SSSR count). The van der Waals surface area contributed by atoms with Gasteiger partial charge in [0, 0.05) is 34.2 Å². The molecule has 10 heteroatoms. The van der Waals surface area contributed by atoms with E-state index in [9.17, 15) is 14.4 Å². The van der Waals surface area contributed by atoms with Crippen LogP contribution in [0.15, 0.2) is 48.7 Å². The molecule has 3 aromatic rings. The molecule has 1 fully saturated rings. The molecule has 1 aromatic carbocycles. The summed E-state index contributed by atoms with van der Waals surface area (Å²) in [7, 11) is 0. The minimum Gasteiger partial charge on any atom is -0.444 e. The Morgan fingerprint density at radius 1 is 1.21 bits per heavy atom. The third-order valence-electron chi connectivity index (χ3n) is 6.33. The zero-order chi connectivity index (χ0) is 27.3. The summed E-state index contributed by atoms with van der Waals surface area (Å²) < 4.78 is 6.58. The molecule has 0 bridgehead atoms. The Morgan fingerprint density at radius 3 is 2.68 bits per heavy atom. The maximum absolute atomic E-state index is 13.4. The van der Waals surface area contributed by atoms with E-state index in [4.69, 9.17) is 10.5 Å². The van der Waals surface area contributed by atoms with Gasteiger partial charge in [-0.25, -0.2) is 9.78 Å². The van der Waals surface area contributed by atoms with Crippen LogP contribution in [-0.4, -0.2) is 64.0 Å². The fraction of sp³-hybridized carbons (Fsp3) is 0.429. The summed E-state index contributed by atoms with van der Waals surface area (Å²) in [6, 6.07) is 13.0. The molecule has 38 heavy (non-hydrogen) atoms. The van der Waals surface area contributed by atoms with Gasteiger partial charge < -0.3 is 20.7 Å². The second-order valence-electron chi connectivity index (χ2n) is 10.4. The number of hydrogen-bond donors (Lipinski definition) is 2. The summed E-state index contributed by atoms with van der Waals surface area (Å²) in [6.07, 6.45) is 3.02. The number of rotatable bonds is 8. The summed E-state index contributed by atoms with van der Waals surface area (Å²) in [4.78, 5) is 47.5. The fourth-order valence-corrected chi connectivity index (χ4v) is 5.48. The number of carbonyl (C=O) groups excluding carboxylic acids is 3. The maximum Gasteiger partial charge on any atom is 0.410 e. The molecule has 0 spiro atoms. The monoisotopic (exact) mass is 537 g/mol. The highest BCUT2D eigenvalue weighted by atomic mass is 32.1. The second-order valence-corrected chi connectivity index (χ2v) is 11.6. The SMILES string of the molecule is CC(C)(C)OC(=O)N(CCc1ccccc1)CC(=O)N1CCCC1C(=O)NCc1cc2c(N)nccc2s1. The number of amides is 3. The van der Waals surface area contributed by atoms with Gasteiger partial charge >= 0.3 is 6.09 Å². The molecule has 1 aliphatic heterocycles. The van der Waals surface area contributed by atoms with Gasteiger partial charge in [-0.05, 0) is 57.7 Å². The summed E-state index contributed by atoms with van der Waals surface area (Å²) in [5.41, 5.74) is 6.33. The molecule has 2 aromatic heterocycles. The van der Waals surface area contributed by atoms with Crippen LogP contribution in [0.5, 0.6) is 0 Å². The van der Waals surface area contributed by atoms with E-state index in [1.165, 1.54) is 4.90 Å². The molecule has 0 radical (unpaired) electrons. The van der Waals surface area contributed by atoms with Crippen molar-refractivity contribution in [2.75, 3.05) is 25.4 Å². The van der Waals surface area contributed by atoms with Gasteiger partial charge in [-0.1, -0.05) is 30.3 Å². The molecule has 202 valence electrons. The molecule has 3 heterocycles. The van der Waals surface area contributed by atoms with Crippen LogP contribution in [0, 0.1) is 0 Å². The average Bonchev–Trinajstić information content (AvgIpc) is 3.53. The molecule has 9 nitrogen and oxygen atoms in total. The predicted molar refractivity (Wildman–Crippen MR) is 149 cm³/mol. The maximum atomic E-state index is 13.4. The van der Waals surface area contributed by atoms with E-state index in [2.05, 4.69) is 10.3 Å². The highest BCUT2D eigenvalue weighted by Gasteiger charge is 2.35. The van der Waals surface area contributed by atoms with Crippen molar-refractivity contribution in [1.29, 1.82) is 0 Å². The van der Waals surface area contributed by atoms with E-state index in [0.29, 0.717) is 38.3 Å². The Labute approximate surface area is 227 Å². The number of ether oxygens (including phenoxy) is 1. The van der Waals surface area contributed by atoms with Gasteiger partial charge in [-0.15, -0.1) is 11.3 Å². The van der Waals surface area contributed by atoms with Crippen molar-refractivity contribution < 1.29 is 19.1 Å². The van der Waals surface area contributed by atoms with E-state index in [0.717, 1.165) is 26.9 Å². The fourth-order valence-electron chi connectivity index (χ4n) is 4.48. The highest BCUT2D eigenvalue weighted by Crippen LogP contribution is 2.28. The number of nitrogens with zero attached hydrogens (tertiary/aromatic N) is 3. The molecular weight excluding hydrogens is 502 g/mol. The van der Waals surface area contributed by atoms with Gasteiger partial charge in [-0.2, -0.15) is 0 Å². The van der Waals surface area contributed by atoms with Crippen molar-refractivity contribution in [2.24, 2.45) is 0 Å². The van der Waals surface area contributed by atoms with Crippen molar-refractivity contribution in [3.05, 3.63) is 59.1 Å². The van der Waals surface area contributed by atoms with Crippen molar-refractivity contribution in [2.45, 2.75) is 58.2 Å². The van der Waals surface area contributed by atoms with E-state index in [1.807, 2.05) is 42.5 Å². The number of likely N-dealkylation sites (tertiary alicyclic amines) is 1. The normalized spacial score (nSPS) is 15.4. The number of carbonyl (C=O) groups is 3. The van der Waals surface area contributed by atoms with Crippen LogP contribution in [0.25, 0.3) is 10.1 Å². The molecule has 3 amide bonds. The zero-order valence-corrected chi connectivity index (χ0v) is 22.9. The number of benzene rings is 1. The van der Waals surface area contributed by atoms with Gasteiger partial charge in [0.15, 0.2) is 0 Å². The number of aromatic nitrogens is 1. The van der Waals surface area contributed by atoms with Crippen LogP contribution in [0.1, 0.15) is 44.1 Å². The van der Waals surface area contributed by atoms with Crippen LogP contribution in [0.2, 0.25) is 0 Å². The van der Waals surface area contributed by atoms with E-state index >= 15 is 0 Å². The lowest BCUT2D eigenvalue weighted by atomic mass is 10.1. The number of nitrogens with one attached hydrogen (secondary N) is 1. The Balaban J connectivity index is 1.39. The molecule has 1 unspecified atom stereocenters. The molecule has 1 aliphatic rings. The number of fused-ring (bicyclic) bond motifs is 1. The largest absolute Gasteiger partial charge is 0.444 e. The first-order chi connectivity index (χ1) is 18.1. The quantitative estimate of drug-likeness (QED) is 0.449. The zero-order valence-electron chi connectivity index (χ0n) is 22.1. The van der Waals surface area contributed by atoms with Gasteiger partial charge in [0.05, 0.1) is 6.54 Å². The van der Waals surface area contributed by atoms with E-state index in [-0.39, 0.29) is 18.4 Å². The topological polar surface area (TPSA) is 118 Å².